The van der Waals surface area contributed by atoms with Gasteiger partial charge in [-0.1, -0.05) is 0 Å². The third-order valence-electron chi connectivity index (χ3n) is 2.65. The number of ether oxygens (including phenoxy) is 1. The van der Waals surface area contributed by atoms with Gasteiger partial charge in [0.2, 0.25) is 0 Å². The summed E-state index contributed by atoms with van der Waals surface area (Å²) in [5.74, 6) is 0. The molecule has 2 rings (SSSR count). The number of aldehydes is 1. The zero-order valence-corrected chi connectivity index (χ0v) is 9.15. The third kappa shape index (κ3) is 2.10. The van der Waals surface area contributed by atoms with Crippen LogP contribution in [0.5, 0.6) is 0 Å². The van der Waals surface area contributed by atoms with E-state index in [0.717, 1.165) is 4.68 Å². The van der Waals surface area contributed by atoms with Gasteiger partial charge >= 0.3 is 5.69 Å². The minimum atomic E-state index is -0.944. The fourth-order valence-electron chi connectivity index (χ4n) is 1.73. The molecule has 0 aromatic carbocycles. The van der Waals surface area contributed by atoms with Crippen LogP contribution < -0.4 is 11.2 Å². The maximum atomic E-state index is 11.5. The molecule has 1 aliphatic rings. The smallest absolute Gasteiger partial charge is 0.347 e. The standard InChI is InChI=1S/C9H11N3O6/c13-2-4-8(16)10-9(17)12(11-4)7-1-5(15)6(3-14)18-7/h2,5-7,14-15H,1,3H2,(H,10,16,17)/t5-,6+,7-/m0/s1. The lowest BCUT2D eigenvalue weighted by Crippen LogP contribution is -2.37. The lowest BCUT2D eigenvalue weighted by Gasteiger charge is -2.12. The Bertz CT molecular complexity index is 564. The molecule has 2 heterocycles. The molecule has 1 aromatic rings. The number of aliphatic hydroxyl groups excluding tert-OH is 2. The molecule has 0 spiro atoms. The van der Waals surface area contributed by atoms with Crippen molar-refractivity contribution in [3.8, 4) is 0 Å². The predicted octanol–water partition coefficient (Wildman–Crippen LogP) is -2.62. The molecule has 9 nitrogen and oxygen atoms in total. The van der Waals surface area contributed by atoms with Gasteiger partial charge in [0.05, 0.1) is 12.7 Å². The Kier molecular flexibility index (Phi) is 3.36. The summed E-state index contributed by atoms with van der Waals surface area (Å²) in [6.45, 7) is -0.406. The number of aromatic amines is 1. The van der Waals surface area contributed by atoms with E-state index in [-0.39, 0.29) is 12.7 Å². The summed E-state index contributed by atoms with van der Waals surface area (Å²) >= 11 is 0. The molecule has 0 aliphatic carbocycles. The van der Waals surface area contributed by atoms with Gasteiger partial charge in [-0.25, -0.2) is 4.79 Å². The van der Waals surface area contributed by atoms with Crippen LogP contribution in [0.3, 0.4) is 0 Å². The number of H-pyrrole nitrogens is 1. The number of aromatic nitrogens is 3. The number of hydrogen-bond acceptors (Lipinski definition) is 7. The van der Waals surface area contributed by atoms with E-state index in [4.69, 9.17) is 9.84 Å². The zero-order valence-electron chi connectivity index (χ0n) is 9.15. The van der Waals surface area contributed by atoms with Gasteiger partial charge in [0.1, 0.15) is 6.10 Å². The second-order valence-electron chi connectivity index (χ2n) is 3.82. The maximum Gasteiger partial charge on any atom is 0.347 e. The molecule has 0 unspecified atom stereocenters. The van der Waals surface area contributed by atoms with Gasteiger partial charge in [-0.2, -0.15) is 9.78 Å². The summed E-state index contributed by atoms with van der Waals surface area (Å²) < 4.78 is 5.96. The zero-order chi connectivity index (χ0) is 13.3. The minimum absolute atomic E-state index is 0.0302. The van der Waals surface area contributed by atoms with E-state index < -0.39 is 42.0 Å². The van der Waals surface area contributed by atoms with Crippen molar-refractivity contribution in [2.75, 3.05) is 6.61 Å². The molecule has 0 amide bonds. The lowest BCUT2D eigenvalue weighted by molar-refractivity contribution is -0.0507. The monoisotopic (exact) mass is 257 g/mol. The first kappa shape index (κ1) is 12.6. The van der Waals surface area contributed by atoms with Crippen molar-refractivity contribution in [1.82, 2.24) is 14.8 Å². The van der Waals surface area contributed by atoms with Crippen LogP contribution in [0.2, 0.25) is 0 Å². The summed E-state index contributed by atoms with van der Waals surface area (Å²) in [7, 11) is 0. The van der Waals surface area contributed by atoms with E-state index in [9.17, 15) is 19.5 Å². The molecular weight excluding hydrogens is 246 g/mol. The van der Waals surface area contributed by atoms with E-state index in [1.54, 1.807) is 0 Å². The minimum Gasteiger partial charge on any atom is -0.394 e. The number of aliphatic hydroxyl groups is 2. The van der Waals surface area contributed by atoms with Crippen LogP contribution in [0.25, 0.3) is 0 Å². The Hall–Kier alpha value is -1.84. The van der Waals surface area contributed by atoms with Gasteiger partial charge < -0.3 is 14.9 Å². The summed E-state index contributed by atoms with van der Waals surface area (Å²) in [6.07, 6.45) is -2.46. The Morgan fingerprint density at radius 2 is 2.28 bits per heavy atom. The van der Waals surface area contributed by atoms with Crippen molar-refractivity contribution in [3.63, 3.8) is 0 Å². The number of carbonyl (C=O) groups excluding carboxylic acids is 1. The van der Waals surface area contributed by atoms with Crippen molar-refractivity contribution in [3.05, 3.63) is 26.5 Å². The first-order valence-electron chi connectivity index (χ1n) is 5.19. The fourth-order valence-corrected chi connectivity index (χ4v) is 1.73. The van der Waals surface area contributed by atoms with Gasteiger partial charge in [0.15, 0.2) is 18.2 Å². The second kappa shape index (κ2) is 4.80. The quantitative estimate of drug-likeness (QED) is 0.505. The summed E-state index contributed by atoms with van der Waals surface area (Å²) in [6, 6.07) is 0. The van der Waals surface area contributed by atoms with Gasteiger partial charge in [-0.3, -0.25) is 14.6 Å². The van der Waals surface area contributed by atoms with Crippen molar-refractivity contribution < 1.29 is 19.7 Å². The average molecular weight is 257 g/mol. The van der Waals surface area contributed by atoms with Crippen LogP contribution in [-0.2, 0) is 4.74 Å². The van der Waals surface area contributed by atoms with E-state index >= 15 is 0 Å². The lowest BCUT2D eigenvalue weighted by atomic mass is 10.2. The van der Waals surface area contributed by atoms with Crippen molar-refractivity contribution in [1.29, 1.82) is 0 Å². The van der Waals surface area contributed by atoms with E-state index in [0.29, 0.717) is 0 Å². The molecule has 1 aromatic heterocycles. The maximum absolute atomic E-state index is 11.5. The molecule has 98 valence electrons. The van der Waals surface area contributed by atoms with Gasteiger partial charge in [0, 0.05) is 6.42 Å². The first-order valence-corrected chi connectivity index (χ1v) is 5.19. The van der Waals surface area contributed by atoms with Crippen LogP contribution in [0.1, 0.15) is 23.1 Å². The third-order valence-corrected chi connectivity index (χ3v) is 2.65. The number of hydrogen-bond donors (Lipinski definition) is 3. The Morgan fingerprint density at radius 3 is 2.83 bits per heavy atom. The Balaban J connectivity index is 2.38. The second-order valence-corrected chi connectivity index (χ2v) is 3.82. The van der Waals surface area contributed by atoms with Crippen molar-refractivity contribution >= 4 is 6.29 Å². The summed E-state index contributed by atoms with van der Waals surface area (Å²) in [5.41, 5.74) is -2.19. The van der Waals surface area contributed by atoms with Crippen LogP contribution in [-0.4, -0.2) is 50.1 Å². The fraction of sp³-hybridized carbons (Fsp3) is 0.556. The van der Waals surface area contributed by atoms with Gasteiger partial charge in [-0.15, -0.1) is 0 Å². The molecule has 0 radical (unpaired) electrons. The molecule has 1 fully saturated rings. The number of rotatable bonds is 3. The predicted molar refractivity (Wildman–Crippen MR) is 56.1 cm³/mol. The molecule has 3 N–H and O–H groups in total. The summed E-state index contributed by atoms with van der Waals surface area (Å²) in [5, 5.41) is 22.0. The number of carbonyl (C=O) groups is 1. The summed E-state index contributed by atoms with van der Waals surface area (Å²) in [4.78, 5) is 35.1. The topological polar surface area (TPSA) is 135 Å². The molecule has 0 saturated carbocycles. The van der Waals surface area contributed by atoms with Crippen LogP contribution in [0.4, 0.5) is 0 Å². The highest BCUT2D eigenvalue weighted by Crippen LogP contribution is 2.26. The van der Waals surface area contributed by atoms with Crippen LogP contribution >= 0.6 is 0 Å². The number of nitrogens with zero attached hydrogens (tertiary/aromatic N) is 2. The van der Waals surface area contributed by atoms with Gasteiger partial charge in [-0.05, 0) is 0 Å². The van der Waals surface area contributed by atoms with Gasteiger partial charge in [0.25, 0.3) is 5.56 Å². The van der Waals surface area contributed by atoms with Crippen molar-refractivity contribution in [2.24, 2.45) is 0 Å². The molecule has 18 heavy (non-hydrogen) atoms. The molecule has 9 heteroatoms. The molecule has 3 atom stereocenters. The van der Waals surface area contributed by atoms with Crippen molar-refractivity contribution in [2.45, 2.75) is 24.9 Å². The van der Waals surface area contributed by atoms with Crippen LogP contribution in [0.15, 0.2) is 9.59 Å². The number of nitrogens with one attached hydrogen (secondary N) is 1. The molecular formula is C9H11N3O6. The highest BCUT2D eigenvalue weighted by atomic mass is 16.5. The first-order chi connectivity index (χ1) is 8.56. The molecule has 0 bridgehead atoms. The van der Waals surface area contributed by atoms with E-state index in [2.05, 4.69) is 5.10 Å². The van der Waals surface area contributed by atoms with E-state index in [1.165, 1.54) is 0 Å². The van der Waals surface area contributed by atoms with Crippen LogP contribution in [0, 0.1) is 0 Å². The SMILES string of the molecule is O=Cc1nn([C@@H]2C[C@H](O)[C@@H](CO)O2)c(=O)[nH]c1=O. The Morgan fingerprint density at radius 1 is 1.56 bits per heavy atom. The van der Waals surface area contributed by atoms with E-state index in [1.807, 2.05) is 4.98 Å². The highest BCUT2D eigenvalue weighted by Gasteiger charge is 2.35. The average Bonchev–Trinajstić information content (AvgIpc) is 2.70. The molecule has 1 aliphatic heterocycles. The highest BCUT2D eigenvalue weighted by molar-refractivity contribution is 5.70. The Labute approximate surface area is 99.6 Å². The normalized spacial score (nSPS) is 27.3. The largest absolute Gasteiger partial charge is 0.394 e. The molecule has 1 saturated heterocycles.